The zero-order valence-electron chi connectivity index (χ0n) is 13.8. The van der Waals surface area contributed by atoms with Crippen molar-refractivity contribution < 1.29 is 14.3 Å². The third-order valence-corrected chi connectivity index (χ3v) is 4.30. The Morgan fingerprint density at radius 2 is 1.67 bits per heavy atom. The van der Waals surface area contributed by atoms with Crippen LogP contribution in [0.25, 0.3) is 0 Å². The first-order valence-electron chi connectivity index (χ1n) is 7.47. The molecular formula is C18H20N2O3S. The topological polar surface area (TPSA) is 67.4 Å². The van der Waals surface area contributed by atoms with E-state index in [1.54, 1.807) is 31.4 Å². The van der Waals surface area contributed by atoms with E-state index in [-0.39, 0.29) is 17.1 Å². The Morgan fingerprint density at radius 3 is 2.25 bits per heavy atom. The lowest BCUT2D eigenvalue weighted by molar-refractivity contribution is -0.115. The number of thioether (sulfide) groups is 1. The van der Waals surface area contributed by atoms with Crippen molar-refractivity contribution in [2.75, 3.05) is 17.7 Å². The van der Waals surface area contributed by atoms with E-state index in [4.69, 9.17) is 4.74 Å². The third kappa shape index (κ3) is 5.31. The number of carbonyl (C=O) groups excluding carboxylic acids is 2. The Labute approximate surface area is 145 Å². The summed E-state index contributed by atoms with van der Waals surface area (Å²) >= 11 is 1.47. The quantitative estimate of drug-likeness (QED) is 0.783. The predicted octanol–water partition coefficient (Wildman–Crippen LogP) is 3.77. The SMILES string of the molecule is COc1ccc(S[C@H](C)C(=O)Nc2cccc(NC(C)=O)c2)cc1. The van der Waals surface area contributed by atoms with Gasteiger partial charge < -0.3 is 15.4 Å². The summed E-state index contributed by atoms with van der Waals surface area (Å²) in [6, 6.07) is 14.6. The Morgan fingerprint density at radius 1 is 1.04 bits per heavy atom. The maximum atomic E-state index is 12.3. The monoisotopic (exact) mass is 344 g/mol. The van der Waals surface area contributed by atoms with Crippen molar-refractivity contribution in [3.8, 4) is 5.75 Å². The molecule has 0 heterocycles. The molecule has 0 aliphatic rings. The summed E-state index contributed by atoms with van der Waals surface area (Å²) < 4.78 is 5.12. The Balaban J connectivity index is 1.96. The lowest BCUT2D eigenvalue weighted by atomic mass is 10.2. The second-order valence-corrected chi connectivity index (χ2v) is 6.60. The number of nitrogens with one attached hydrogen (secondary N) is 2. The normalized spacial score (nSPS) is 11.5. The summed E-state index contributed by atoms with van der Waals surface area (Å²) in [5.74, 6) is 0.531. The summed E-state index contributed by atoms with van der Waals surface area (Å²) in [7, 11) is 1.62. The molecule has 2 aromatic carbocycles. The first-order chi connectivity index (χ1) is 11.5. The highest BCUT2D eigenvalue weighted by Crippen LogP contribution is 2.26. The van der Waals surface area contributed by atoms with E-state index in [1.807, 2.05) is 31.2 Å². The maximum absolute atomic E-state index is 12.3. The fourth-order valence-corrected chi connectivity index (χ4v) is 2.90. The molecule has 6 heteroatoms. The number of hydrogen-bond donors (Lipinski definition) is 2. The van der Waals surface area contributed by atoms with Gasteiger partial charge in [-0.25, -0.2) is 0 Å². The predicted molar refractivity (Wildman–Crippen MR) is 97.7 cm³/mol. The third-order valence-electron chi connectivity index (χ3n) is 3.19. The average Bonchev–Trinajstić information content (AvgIpc) is 2.55. The summed E-state index contributed by atoms with van der Waals surface area (Å²) in [5, 5.41) is 5.29. The minimum atomic E-state index is -0.261. The highest BCUT2D eigenvalue weighted by atomic mass is 32.2. The minimum absolute atomic E-state index is 0.101. The van der Waals surface area contributed by atoms with Gasteiger partial charge in [0.05, 0.1) is 12.4 Å². The first-order valence-corrected chi connectivity index (χ1v) is 8.35. The number of methoxy groups -OCH3 is 1. The lowest BCUT2D eigenvalue weighted by Crippen LogP contribution is -2.22. The van der Waals surface area contributed by atoms with Crippen molar-refractivity contribution in [3.05, 3.63) is 48.5 Å². The molecule has 2 aromatic rings. The first kappa shape index (κ1) is 17.9. The van der Waals surface area contributed by atoms with Gasteiger partial charge in [0.1, 0.15) is 5.75 Å². The molecule has 126 valence electrons. The lowest BCUT2D eigenvalue weighted by Gasteiger charge is -2.13. The number of benzene rings is 2. The molecule has 0 unspecified atom stereocenters. The van der Waals surface area contributed by atoms with Crippen LogP contribution in [0.1, 0.15) is 13.8 Å². The van der Waals surface area contributed by atoms with Gasteiger partial charge in [-0.2, -0.15) is 0 Å². The van der Waals surface area contributed by atoms with Crippen molar-refractivity contribution >= 4 is 35.0 Å². The van der Waals surface area contributed by atoms with Gasteiger partial charge in [0.2, 0.25) is 11.8 Å². The zero-order valence-corrected chi connectivity index (χ0v) is 14.6. The number of rotatable bonds is 6. The van der Waals surface area contributed by atoms with Crippen LogP contribution in [-0.2, 0) is 9.59 Å². The van der Waals surface area contributed by atoms with E-state index < -0.39 is 0 Å². The highest BCUT2D eigenvalue weighted by Gasteiger charge is 2.15. The van der Waals surface area contributed by atoms with E-state index in [0.717, 1.165) is 10.6 Å². The second kappa shape index (κ2) is 8.40. The Kier molecular flexibility index (Phi) is 6.26. The van der Waals surface area contributed by atoms with Crippen LogP contribution < -0.4 is 15.4 Å². The van der Waals surface area contributed by atoms with Gasteiger partial charge in [-0.3, -0.25) is 9.59 Å². The molecule has 0 aliphatic heterocycles. The molecule has 2 N–H and O–H groups in total. The summed E-state index contributed by atoms with van der Waals surface area (Å²) in [4.78, 5) is 24.4. The van der Waals surface area contributed by atoms with Crippen molar-refractivity contribution in [2.24, 2.45) is 0 Å². The van der Waals surface area contributed by atoms with E-state index >= 15 is 0 Å². The Hall–Kier alpha value is -2.47. The Bertz CT molecular complexity index is 716. The molecule has 0 saturated heterocycles. The van der Waals surface area contributed by atoms with Crippen LogP contribution in [0.15, 0.2) is 53.4 Å². The number of ether oxygens (including phenoxy) is 1. The standard InChI is InChI=1S/C18H20N2O3S/c1-12(24-17-9-7-16(23-3)8-10-17)18(22)20-15-6-4-5-14(11-15)19-13(2)21/h4-12H,1-3H3,(H,19,21)(H,20,22)/t12-/m1/s1. The molecular weight excluding hydrogens is 324 g/mol. The van der Waals surface area contributed by atoms with Gasteiger partial charge in [-0.15, -0.1) is 11.8 Å². The van der Waals surface area contributed by atoms with Crippen molar-refractivity contribution in [1.82, 2.24) is 0 Å². The molecule has 2 amide bonds. The van der Waals surface area contributed by atoms with Crippen LogP contribution >= 0.6 is 11.8 Å². The van der Waals surface area contributed by atoms with Crippen LogP contribution in [0.3, 0.4) is 0 Å². The largest absolute Gasteiger partial charge is 0.497 e. The van der Waals surface area contributed by atoms with Gasteiger partial charge in [0.25, 0.3) is 0 Å². The van der Waals surface area contributed by atoms with Crippen molar-refractivity contribution in [2.45, 2.75) is 24.0 Å². The number of hydrogen-bond acceptors (Lipinski definition) is 4. The van der Waals surface area contributed by atoms with Crippen LogP contribution in [-0.4, -0.2) is 24.2 Å². The van der Waals surface area contributed by atoms with Crippen LogP contribution in [0.5, 0.6) is 5.75 Å². The number of anilines is 2. The van der Waals surface area contributed by atoms with E-state index in [0.29, 0.717) is 11.4 Å². The van der Waals surface area contributed by atoms with E-state index in [1.165, 1.54) is 18.7 Å². The molecule has 5 nitrogen and oxygen atoms in total. The highest BCUT2D eigenvalue weighted by molar-refractivity contribution is 8.00. The van der Waals surface area contributed by atoms with Gasteiger partial charge in [0.15, 0.2) is 0 Å². The molecule has 24 heavy (non-hydrogen) atoms. The maximum Gasteiger partial charge on any atom is 0.237 e. The van der Waals surface area contributed by atoms with Gasteiger partial charge >= 0.3 is 0 Å². The van der Waals surface area contributed by atoms with Crippen LogP contribution in [0.2, 0.25) is 0 Å². The molecule has 0 aromatic heterocycles. The van der Waals surface area contributed by atoms with E-state index in [9.17, 15) is 9.59 Å². The average molecular weight is 344 g/mol. The van der Waals surface area contributed by atoms with Crippen molar-refractivity contribution in [1.29, 1.82) is 0 Å². The van der Waals surface area contributed by atoms with Crippen molar-refractivity contribution in [3.63, 3.8) is 0 Å². The fourth-order valence-electron chi connectivity index (χ4n) is 2.03. The van der Waals surface area contributed by atoms with Crippen LogP contribution in [0, 0.1) is 0 Å². The van der Waals surface area contributed by atoms with E-state index in [2.05, 4.69) is 10.6 Å². The zero-order chi connectivity index (χ0) is 17.5. The molecule has 0 bridgehead atoms. The number of amides is 2. The summed E-state index contributed by atoms with van der Waals surface area (Å²) in [5.41, 5.74) is 1.30. The molecule has 0 spiro atoms. The van der Waals surface area contributed by atoms with Gasteiger partial charge in [-0.05, 0) is 49.4 Å². The molecule has 0 radical (unpaired) electrons. The van der Waals surface area contributed by atoms with Crippen LogP contribution in [0.4, 0.5) is 11.4 Å². The molecule has 0 aliphatic carbocycles. The van der Waals surface area contributed by atoms with Gasteiger partial charge in [-0.1, -0.05) is 6.07 Å². The molecule has 0 saturated carbocycles. The molecule has 1 atom stereocenters. The smallest absolute Gasteiger partial charge is 0.237 e. The number of carbonyl (C=O) groups is 2. The summed E-state index contributed by atoms with van der Waals surface area (Å²) in [6.07, 6.45) is 0. The second-order valence-electron chi connectivity index (χ2n) is 5.19. The minimum Gasteiger partial charge on any atom is -0.497 e. The van der Waals surface area contributed by atoms with Gasteiger partial charge in [0, 0.05) is 23.2 Å². The summed E-state index contributed by atoms with van der Waals surface area (Å²) in [6.45, 7) is 3.29. The fraction of sp³-hybridized carbons (Fsp3) is 0.222. The molecule has 0 fully saturated rings. The molecule has 2 rings (SSSR count).